The molecule has 0 bridgehead atoms. The highest BCUT2D eigenvalue weighted by Gasteiger charge is 2.20. The Morgan fingerprint density at radius 1 is 1.00 bits per heavy atom. The third-order valence-electron chi connectivity index (χ3n) is 3.44. The molecule has 2 heterocycles. The Balaban J connectivity index is 1.69. The Labute approximate surface area is 118 Å². The molecule has 0 aliphatic carbocycles. The molecule has 1 aliphatic rings. The molecular formula is C16H17N3O. The van der Waals surface area contributed by atoms with E-state index in [2.05, 4.69) is 10.3 Å². The van der Waals surface area contributed by atoms with Crippen molar-refractivity contribution in [1.82, 2.24) is 9.88 Å². The summed E-state index contributed by atoms with van der Waals surface area (Å²) in [6.07, 6.45) is 3.90. The lowest BCUT2D eigenvalue weighted by molar-refractivity contribution is 0.0787. The number of carbonyl (C=O) groups is 1. The zero-order chi connectivity index (χ0) is 13.8. The molecule has 20 heavy (non-hydrogen) atoms. The van der Waals surface area contributed by atoms with Crippen molar-refractivity contribution in [3.8, 4) is 0 Å². The van der Waals surface area contributed by atoms with Crippen molar-refractivity contribution >= 4 is 17.3 Å². The summed E-state index contributed by atoms with van der Waals surface area (Å²) in [6, 6.07) is 13.6. The Morgan fingerprint density at radius 3 is 2.40 bits per heavy atom. The highest BCUT2D eigenvalue weighted by molar-refractivity contribution is 5.92. The van der Waals surface area contributed by atoms with Gasteiger partial charge in [-0.15, -0.1) is 0 Å². The van der Waals surface area contributed by atoms with Gasteiger partial charge in [0.1, 0.15) is 5.69 Å². The lowest BCUT2D eigenvalue weighted by atomic mass is 10.2. The minimum absolute atomic E-state index is 0.0359. The standard InChI is InChI=1S/C16H17N3O/c20-16(19-10-4-5-11-19)15-9-8-14(12-17-15)18-13-6-2-1-3-7-13/h1-3,6-9,12,18H,4-5,10-11H2. The second-order valence-corrected chi connectivity index (χ2v) is 4.92. The molecule has 1 aliphatic heterocycles. The molecule has 0 spiro atoms. The number of nitrogens with zero attached hydrogens (tertiary/aromatic N) is 2. The third-order valence-corrected chi connectivity index (χ3v) is 3.44. The summed E-state index contributed by atoms with van der Waals surface area (Å²) in [5.74, 6) is 0.0359. The Kier molecular flexibility index (Phi) is 3.63. The zero-order valence-electron chi connectivity index (χ0n) is 11.2. The number of nitrogens with one attached hydrogen (secondary N) is 1. The van der Waals surface area contributed by atoms with E-state index in [0.29, 0.717) is 5.69 Å². The zero-order valence-corrected chi connectivity index (χ0v) is 11.2. The molecule has 3 rings (SSSR count). The highest BCUT2D eigenvalue weighted by atomic mass is 16.2. The van der Waals surface area contributed by atoms with Gasteiger partial charge in [-0.25, -0.2) is 4.98 Å². The van der Waals surface area contributed by atoms with Gasteiger partial charge in [0.2, 0.25) is 0 Å². The quantitative estimate of drug-likeness (QED) is 0.929. The summed E-state index contributed by atoms with van der Waals surface area (Å²) < 4.78 is 0. The van der Waals surface area contributed by atoms with Crippen LogP contribution in [0, 0.1) is 0 Å². The van der Waals surface area contributed by atoms with Crippen LogP contribution in [0.5, 0.6) is 0 Å². The van der Waals surface area contributed by atoms with Gasteiger partial charge in [-0.2, -0.15) is 0 Å². The van der Waals surface area contributed by atoms with Crippen LogP contribution in [0.3, 0.4) is 0 Å². The summed E-state index contributed by atoms with van der Waals surface area (Å²) in [7, 11) is 0. The number of hydrogen-bond acceptors (Lipinski definition) is 3. The number of amides is 1. The largest absolute Gasteiger partial charge is 0.354 e. The second kappa shape index (κ2) is 5.74. The average molecular weight is 267 g/mol. The maximum atomic E-state index is 12.2. The molecule has 1 N–H and O–H groups in total. The second-order valence-electron chi connectivity index (χ2n) is 4.92. The van der Waals surface area contributed by atoms with Crippen molar-refractivity contribution < 1.29 is 4.79 Å². The fourth-order valence-corrected chi connectivity index (χ4v) is 2.36. The molecule has 0 unspecified atom stereocenters. The van der Waals surface area contributed by atoms with Crippen LogP contribution in [0.25, 0.3) is 0 Å². The lowest BCUT2D eigenvalue weighted by Gasteiger charge is -2.14. The number of anilines is 2. The van der Waals surface area contributed by atoms with Gasteiger partial charge in [-0.05, 0) is 37.1 Å². The number of aromatic nitrogens is 1. The summed E-state index contributed by atoms with van der Waals surface area (Å²) in [5.41, 5.74) is 2.41. The maximum Gasteiger partial charge on any atom is 0.272 e. The first-order chi connectivity index (χ1) is 9.83. The van der Waals surface area contributed by atoms with Gasteiger partial charge in [-0.1, -0.05) is 18.2 Å². The maximum absolute atomic E-state index is 12.2. The number of hydrogen-bond donors (Lipinski definition) is 1. The number of likely N-dealkylation sites (tertiary alicyclic amines) is 1. The summed E-state index contributed by atoms with van der Waals surface area (Å²) in [5, 5.41) is 3.25. The fourth-order valence-electron chi connectivity index (χ4n) is 2.36. The number of para-hydroxylation sites is 1. The van der Waals surface area contributed by atoms with Gasteiger partial charge in [0.05, 0.1) is 11.9 Å². The van der Waals surface area contributed by atoms with Gasteiger partial charge < -0.3 is 10.2 Å². The van der Waals surface area contributed by atoms with Gasteiger partial charge in [0.15, 0.2) is 0 Å². The Hall–Kier alpha value is -2.36. The monoisotopic (exact) mass is 267 g/mol. The molecule has 1 fully saturated rings. The SMILES string of the molecule is O=C(c1ccc(Nc2ccccc2)cn1)N1CCCC1. The van der Waals surface area contributed by atoms with Gasteiger partial charge in [0.25, 0.3) is 5.91 Å². The summed E-state index contributed by atoms with van der Waals surface area (Å²) in [4.78, 5) is 18.3. The topological polar surface area (TPSA) is 45.2 Å². The van der Waals surface area contributed by atoms with Crippen molar-refractivity contribution in [3.05, 3.63) is 54.4 Å². The summed E-state index contributed by atoms with van der Waals surface area (Å²) >= 11 is 0. The van der Waals surface area contributed by atoms with Gasteiger partial charge in [-0.3, -0.25) is 4.79 Å². The molecular weight excluding hydrogens is 250 g/mol. The van der Waals surface area contributed by atoms with E-state index in [9.17, 15) is 4.79 Å². The van der Waals surface area contributed by atoms with Crippen LogP contribution < -0.4 is 5.32 Å². The van der Waals surface area contributed by atoms with E-state index in [0.717, 1.165) is 37.3 Å². The number of benzene rings is 1. The Bertz CT molecular complexity index is 574. The molecule has 4 heteroatoms. The van der Waals surface area contributed by atoms with Crippen LogP contribution in [0.2, 0.25) is 0 Å². The lowest BCUT2D eigenvalue weighted by Crippen LogP contribution is -2.28. The molecule has 1 amide bonds. The Morgan fingerprint density at radius 2 is 1.75 bits per heavy atom. The molecule has 0 atom stereocenters. The first kappa shape index (κ1) is 12.7. The molecule has 2 aromatic rings. The molecule has 102 valence electrons. The van der Waals surface area contributed by atoms with E-state index in [4.69, 9.17) is 0 Å². The minimum Gasteiger partial charge on any atom is -0.354 e. The molecule has 0 radical (unpaired) electrons. The van der Waals surface area contributed by atoms with E-state index in [1.54, 1.807) is 12.3 Å². The van der Waals surface area contributed by atoms with Crippen molar-refractivity contribution in [2.45, 2.75) is 12.8 Å². The van der Waals surface area contributed by atoms with E-state index in [-0.39, 0.29) is 5.91 Å². The fraction of sp³-hybridized carbons (Fsp3) is 0.250. The van der Waals surface area contributed by atoms with Crippen molar-refractivity contribution in [3.63, 3.8) is 0 Å². The number of carbonyl (C=O) groups excluding carboxylic acids is 1. The number of pyridine rings is 1. The van der Waals surface area contributed by atoms with Gasteiger partial charge >= 0.3 is 0 Å². The number of rotatable bonds is 3. The third kappa shape index (κ3) is 2.79. The average Bonchev–Trinajstić information content (AvgIpc) is 3.03. The summed E-state index contributed by atoms with van der Waals surface area (Å²) in [6.45, 7) is 1.70. The van der Waals surface area contributed by atoms with Gasteiger partial charge in [0, 0.05) is 18.8 Å². The van der Waals surface area contributed by atoms with Crippen LogP contribution in [0.4, 0.5) is 11.4 Å². The highest BCUT2D eigenvalue weighted by Crippen LogP contribution is 2.16. The minimum atomic E-state index is 0.0359. The van der Waals surface area contributed by atoms with E-state index >= 15 is 0 Å². The molecule has 1 aromatic heterocycles. The van der Waals surface area contributed by atoms with Crippen LogP contribution in [-0.4, -0.2) is 28.9 Å². The van der Waals surface area contributed by atoms with E-state index in [1.165, 1.54) is 0 Å². The van der Waals surface area contributed by atoms with Crippen LogP contribution in [-0.2, 0) is 0 Å². The molecule has 0 saturated carbocycles. The van der Waals surface area contributed by atoms with E-state index < -0.39 is 0 Å². The van der Waals surface area contributed by atoms with Crippen molar-refractivity contribution in [2.75, 3.05) is 18.4 Å². The van der Waals surface area contributed by atoms with Crippen molar-refractivity contribution in [2.24, 2.45) is 0 Å². The van der Waals surface area contributed by atoms with Crippen LogP contribution in [0.15, 0.2) is 48.7 Å². The predicted molar refractivity (Wildman–Crippen MR) is 79.1 cm³/mol. The predicted octanol–water partition coefficient (Wildman–Crippen LogP) is 3.06. The first-order valence-electron chi connectivity index (χ1n) is 6.90. The smallest absolute Gasteiger partial charge is 0.272 e. The molecule has 4 nitrogen and oxygen atoms in total. The molecule has 1 aromatic carbocycles. The normalized spacial score (nSPS) is 14.3. The first-order valence-corrected chi connectivity index (χ1v) is 6.90. The molecule has 1 saturated heterocycles. The van der Waals surface area contributed by atoms with Crippen LogP contribution in [0.1, 0.15) is 23.3 Å². The van der Waals surface area contributed by atoms with Crippen LogP contribution >= 0.6 is 0 Å². The van der Waals surface area contributed by atoms with E-state index in [1.807, 2.05) is 41.3 Å². The van der Waals surface area contributed by atoms with Crippen molar-refractivity contribution in [1.29, 1.82) is 0 Å².